The Kier molecular flexibility index (Phi) is 7.80. The van der Waals surface area contributed by atoms with Gasteiger partial charge in [-0.2, -0.15) is 0 Å². The highest BCUT2D eigenvalue weighted by Crippen LogP contribution is 2.49. The second-order valence-corrected chi connectivity index (χ2v) is 10.1. The van der Waals surface area contributed by atoms with Crippen molar-refractivity contribution >= 4 is 17.5 Å². The molecule has 0 saturated heterocycles. The summed E-state index contributed by atoms with van der Waals surface area (Å²) in [6, 6.07) is 0. The first-order valence-corrected chi connectivity index (χ1v) is 10.3. The summed E-state index contributed by atoms with van der Waals surface area (Å²) >= 11 is 0. The molecule has 1 N–H and O–H groups in total. The summed E-state index contributed by atoms with van der Waals surface area (Å²) in [5, 5.41) is 8.82. The van der Waals surface area contributed by atoms with Crippen molar-refractivity contribution in [2.45, 2.75) is 68.2 Å². The predicted octanol–water partition coefficient (Wildman–Crippen LogP) is 4.29. The quantitative estimate of drug-likeness (QED) is 0.526. The normalized spacial score (nSPS) is 28.8. The van der Waals surface area contributed by atoms with E-state index in [0.717, 1.165) is 12.8 Å². The predicted molar refractivity (Wildman–Crippen MR) is 114 cm³/mol. The van der Waals surface area contributed by atoms with Gasteiger partial charge < -0.3 is 9.84 Å². The van der Waals surface area contributed by atoms with Crippen LogP contribution in [0.25, 0.3) is 0 Å². The van der Waals surface area contributed by atoms with Gasteiger partial charge in [-0.15, -0.1) is 0 Å². The molecule has 0 amide bonds. The molecule has 0 fully saturated rings. The summed E-state index contributed by atoms with van der Waals surface area (Å²) < 4.78 is 5.02. The standard InChI is InChI=1S/C14H22O3.C10H16O2/c1-10(2)12(16)17-9-11(15)14(5)8-6-7-13(14,3)4;1-9(2)5-4-6-10(9,3)8(12)7-11/h6-7,10H,8-9H2,1-5H3;4-5,11H,6-7H2,1-3H3/t14-;10-/m11/s1. The molecular weight excluding hydrogens is 368 g/mol. The van der Waals surface area contributed by atoms with Gasteiger partial charge in [0, 0.05) is 10.8 Å². The zero-order chi connectivity index (χ0) is 22.7. The molecule has 0 radical (unpaired) electrons. The number of allylic oxidation sites excluding steroid dienone is 4. The maximum Gasteiger partial charge on any atom is 0.308 e. The number of aliphatic hydroxyl groups is 1. The summed E-state index contributed by atoms with van der Waals surface area (Å²) in [6.07, 6.45) is 9.64. The maximum atomic E-state index is 12.2. The van der Waals surface area contributed by atoms with Crippen molar-refractivity contribution in [3.8, 4) is 0 Å². The van der Waals surface area contributed by atoms with Gasteiger partial charge in [0.15, 0.2) is 18.2 Å². The number of hydrogen-bond acceptors (Lipinski definition) is 5. The smallest absolute Gasteiger partial charge is 0.308 e. The van der Waals surface area contributed by atoms with Gasteiger partial charge in [-0.25, -0.2) is 0 Å². The highest BCUT2D eigenvalue weighted by molar-refractivity contribution is 5.89. The van der Waals surface area contributed by atoms with Gasteiger partial charge in [-0.3, -0.25) is 14.4 Å². The summed E-state index contributed by atoms with van der Waals surface area (Å²) in [7, 11) is 0. The van der Waals surface area contributed by atoms with E-state index in [1.165, 1.54) is 0 Å². The molecule has 29 heavy (non-hydrogen) atoms. The Morgan fingerprint density at radius 1 is 0.862 bits per heavy atom. The highest BCUT2D eigenvalue weighted by atomic mass is 16.5. The third-order valence-electron chi connectivity index (χ3n) is 7.16. The number of esters is 1. The largest absolute Gasteiger partial charge is 0.457 e. The summed E-state index contributed by atoms with van der Waals surface area (Å²) in [5.74, 6) is -0.560. The number of rotatable bonds is 6. The lowest BCUT2D eigenvalue weighted by molar-refractivity contribution is -0.154. The molecule has 0 aliphatic heterocycles. The number of hydrogen-bond donors (Lipinski definition) is 1. The van der Waals surface area contributed by atoms with E-state index in [1.807, 2.05) is 53.7 Å². The molecule has 2 rings (SSSR count). The Morgan fingerprint density at radius 2 is 1.28 bits per heavy atom. The lowest BCUT2D eigenvalue weighted by Crippen LogP contribution is -2.40. The third kappa shape index (κ3) is 5.06. The van der Waals surface area contributed by atoms with Gasteiger partial charge in [0.05, 0.1) is 5.92 Å². The average molecular weight is 407 g/mol. The van der Waals surface area contributed by atoms with E-state index in [1.54, 1.807) is 13.8 Å². The van der Waals surface area contributed by atoms with Crippen LogP contribution in [0.2, 0.25) is 0 Å². The molecule has 164 valence electrons. The molecule has 0 spiro atoms. The molecule has 0 aromatic rings. The molecule has 2 aliphatic rings. The Bertz CT molecular complexity index is 698. The van der Waals surface area contributed by atoms with Crippen LogP contribution in [0, 0.1) is 27.6 Å². The van der Waals surface area contributed by atoms with Crippen LogP contribution in [0.3, 0.4) is 0 Å². The third-order valence-corrected chi connectivity index (χ3v) is 7.16. The number of ether oxygens (including phenoxy) is 1. The van der Waals surface area contributed by atoms with Crippen molar-refractivity contribution in [3.63, 3.8) is 0 Å². The first kappa shape index (κ1) is 25.3. The van der Waals surface area contributed by atoms with Crippen LogP contribution in [-0.4, -0.2) is 35.9 Å². The number of Topliss-reactive ketones (excluding diaryl/α,β-unsaturated/α-hetero) is 2. The number of carbonyl (C=O) groups excluding carboxylic acids is 3. The molecule has 0 saturated carbocycles. The summed E-state index contributed by atoms with van der Waals surface area (Å²) in [5.41, 5.74) is -1.15. The van der Waals surface area contributed by atoms with Crippen molar-refractivity contribution < 1.29 is 24.2 Å². The van der Waals surface area contributed by atoms with Crippen molar-refractivity contribution in [1.82, 2.24) is 0 Å². The minimum atomic E-state index is -0.454. The zero-order valence-electron chi connectivity index (χ0n) is 19.3. The van der Waals surface area contributed by atoms with Gasteiger partial charge in [0.1, 0.15) is 6.61 Å². The Morgan fingerprint density at radius 3 is 1.59 bits per heavy atom. The number of carbonyl (C=O) groups is 3. The fraction of sp³-hybridized carbons (Fsp3) is 0.708. The second kappa shape index (κ2) is 8.95. The van der Waals surface area contributed by atoms with Gasteiger partial charge in [-0.05, 0) is 23.7 Å². The lowest BCUT2D eigenvalue weighted by Gasteiger charge is -2.36. The van der Waals surface area contributed by atoms with Crippen molar-refractivity contribution in [3.05, 3.63) is 24.3 Å². The number of aliphatic hydroxyl groups excluding tert-OH is 1. The van der Waals surface area contributed by atoms with Crippen LogP contribution in [0.15, 0.2) is 24.3 Å². The molecule has 5 nitrogen and oxygen atoms in total. The second-order valence-electron chi connectivity index (χ2n) is 10.1. The molecule has 0 aromatic carbocycles. The minimum Gasteiger partial charge on any atom is -0.457 e. The van der Waals surface area contributed by atoms with Crippen LogP contribution >= 0.6 is 0 Å². The van der Waals surface area contributed by atoms with E-state index in [9.17, 15) is 14.4 Å². The molecule has 2 atom stereocenters. The SMILES string of the molecule is CC(C)C(=O)OCC(=O)[C@@]1(C)CC=CC1(C)C.CC1(C)C=CC[C@]1(C)C(=O)CO. The zero-order valence-corrected chi connectivity index (χ0v) is 19.3. The average Bonchev–Trinajstić information content (AvgIpc) is 3.07. The van der Waals surface area contributed by atoms with Crippen LogP contribution in [0.1, 0.15) is 68.2 Å². The van der Waals surface area contributed by atoms with E-state index in [2.05, 4.69) is 12.2 Å². The Hall–Kier alpha value is -1.75. The van der Waals surface area contributed by atoms with Crippen molar-refractivity contribution in [2.24, 2.45) is 27.6 Å². The van der Waals surface area contributed by atoms with E-state index in [0.29, 0.717) is 0 Å². The fourth-order valence-corrected chi connectivity index (χ4v) is 3.66. The molecule has 0 unspecified atom stereocenters. The van der Waals surface area contributed by atoms with Gasteiger partial charge in [0.2, 0.25) is 0 Å². The molecule has 0 aromatic heterocycles. The molecule has 0 bridgehead atoms. The summed E-state index contributed by atoms with van der Waals surface area (Å²) in [6.45, 7) is 15.1. The lowest BCUT2D eigenvalue weighted by atomic mass is 9.66. The monoisotopic (exact) mass is 406 g/mol. The van der Waals surface area contributed by atoms with E-state index < -0.39 is 10.8 Å². The highest BCUT2D eigenvalue weighted by Gasteiger charge is 2.48. The molecular formula is C24H38O5. The van der Waals surface area contributed by atoms with Gasteiger partial charge >= 0.3 is 5.97 Å². The fourth-order valence-electron chi connectivity index (χ4n) is 3.66. The Balaban J connectivity index is 0.000000308. The van der Waals surface area contributed by atoms with Crippen LogP contribution in [0.5, 0.6) is 0 Å². The maximum absolute atomic E-state index is 12.2. The first-order valence-electron chi connectivity index (χ1n) is 10.3. The van der Waals surface area contributed by atoms with E-state index in [-0.39, 0.29) is 47.5 Å². The van der Waals surface area contributed by atoms with Gasteiger partial charge in [0.25, 0.3) is 0 Å². The topological polar surface area (TPSA) is 80.7 Å². The van der Waals surface area contributed by atoms with Crippen molar-refractivity contribution in [1.29, 1.82) is 0 Å². The molecule has 2 aliphatic carbocycles. The molecule has 5 heteroatoms. The van der Waals surface area contributed by atoms with Gasteiger partial charge in [-0.1, -0.05) is 79.7 Å². The molecule has 0 heterocycles. The Labute approximate surface area is 175 Å². The van der Waals surface area contributed by atoms with Crippen LogP contribution < -0.4 is 0 Å². The van der Waals surface area contributed by atoms with E-state index in [4.69, 9.17) is 9.84 Å². The van der Waals surface area contributed by atoms with Crippen molar-refractivity contribution in [2.75, 3.05) is 13.2 Å². The van der Waals surface area contributed by atoms with Crippen LogP contribution in [0.4, 0.5) is 0 Å². The van der Waals surface area contributed by atoms with Crippen LogP contribution in [-0.2, 0) is 19.1 Å². The first-order chi connectivity index (χ1) is 13.1. The number of ketones is 2. The summed E-state index contributed by atoms with van der Waals surface area (Å²) in [4.78, 5) is 35.0. The minimum absolute atomic E-state index is 0.00139. The van der Waals surface area contributed by atoms with E-state index >= 15 is 0 Å².